The maximum atomic E-state index is 12.9. The van der Waals surface area contributed by atoms with Gasteiger partial charge >= 0.3 is 0 Å². The summed E-state index contributed by atoms with van der Waals surface area (Å²) in [5.41, 5.74) is 1.32. The fourth-order valence-electron chi connectivity index (χ4n) is 3.73. The molecule has 1 aromatic heterocycles. The molecule has 3 aromatic rings. The number of sulfonamides is 1. The highest BCUT2D eigenvalue weighted by Gasteiger charge is 2.28. The second-order valence-corrected chi connectivity index (χ2v) is 11.2. The molecule has 9 heteroatoms. The molecule has 1 fully saturated rings. The summed E-state index contributed by atoms with van der Waals surface area (Å²) < 4.78 is 30.2. The van der Waals surface area contributed by atoms with Crippen molar-refractivity contribution in [3.8, 4) is 0 Å². The lowest BCUT2D eigenvalue weighted by Crippen LogP contribution is -2.37. The van der Waals surface area contributed by atoms with Crippen LogP contribution in [0.4, 0.5) is 0 Å². The smallest absolute Gasteiger partial charge is 0.279 e. The number of rotatable bonds is 4. The molecule has 4 rings (SSSR count). The summed E-state index contributed by atoms with van der Waals surface area (Å²) >= 11 is 7.49. The molecule has 0 unspecified atom stereocenters. The largest absolute Gasteiger partial charge is 0.317 e. The molecule has 0 N–H and O–H groups in total. The van der Waals surface area contributed by atoms with Gasteiger partial charge in [0.25, 0.3) is 5.91 Å². The van der Waals surface area contributed by atoms with E-state index in [4.69, 9.17) is 11.6 Å². The number of carbonyl (C=O) groups is 1. The van der Waals surface area contributed by atoms with Crippen LogP contribution < -0.4 is 4.80 Å². The molecule has 1 amide bonds. The Morgan fingerprint density at radius 3 is 2.48 bits per heavy atom. The van der Waals surface area contributed by atoms with Crippen molar-refractivity contribution >= 4 is 49.1 Å². The molecule has 1 aliphatic rings. The molecule has 6 nitrogen and oxygen atoms in total. The number of hydrogen-bond donors (Lipinski definition) is 0. The number of aryl methyl sites for hydroxylation is 1. The summed E-state index contributed by atoms with van der Waals surface area (Å²) in [6.45, 7) is 5.87. The van der Waals surface area contributed by atoms with Crippen LogP contribution in [0.5, 0.6) is 0 Å². The Bertz CT molecular complexity index is 1290. The van der Waals surface area contributed by atoms with Crippen LogP contribution in [-0.2, 0) is 16.6 Å². The lowest BCUT2D eigenvalue weighted by Gasteiger charge is -2.29. The number of nitrogens with zero attached hydrogens (tertiary/aromatic N) is 3. The Balaban J connectivity index is 1.61. The summed E-state index contributed by atoms with van der Waals surface area (Å²) in [6, 6.07) is 11.7. The molecule has 1 saturated heterocycles. The van der Waals surface area contributed by atoms with Gasteiger partial charge in [0, 0.05) is 30.2 Å². The van der Waals surface area contributed by atoms with Crippen LogP contribution in [0.1, 0.15) is 37.0 Å². The predicted octanol–water partition coefficient (Wildman–Crippen LogP) is 4.54. The number of piperidine rings is 1. The minimum atomic E-state index is -3.54. The summed E-state index contributed by atoms with van der Waals surface area (Å²) in [5.74, 6) is 0.138. The SMILES string of the molecule is CCn1c(=NC(=O)c2ccc(S(=O)(=O)N3CCC(C)CC3)cc2)sc2cc(Cl)ccc21. The van der Waals surface area contributed by atoms with Crippen molar-refractivity contribution in [3.05, 3.63) is 57.9 Å². The Morgan fingerprint density at radius 1 is 1.16 bits per heavy atom. The van der Waals surface area contributed by atoms with Gasteiger partial charge in [-0.1, -0.05) is 29.9 Å². The molecule has 1 aliphatic heterocycles. The van der Waals surface area contributed by atoms with Crippen molar-refractivity contribution in [2.24, 2.45) is 10.9 Å². The quantitative estimate of drug-likeness (QED) is 0.553. The number of aromatic nitrogens is 1. The van der Waals surface area contributed by atoms with E-state index in [9.17, 15) is 13.2 Å². The van der Waals surface area contributed by atoms with Crippen LogP contribution in [0.3, 0.4) is 0 Å². The van der Waals surface area contributed by atoms with E-state index in [1.54, 1.807) is 0 Å². The molecule has 0 atom stereocenters. The normalized spacial score (nSPS) is 16.8. The van der Waals surface area contributed by atoms with E-state index in [2.05, 4.69) is 11.9 Å². The second-order valence-electron chi connectivity index (χ2n) is 7.77. The Morgan fingerprint density at radius 2 is 1.84 bits per heavy atom. The molecule has 0 radical (unpaired) electrons. The third-order valence-corrected chi connectivity index (χ3v) is 8.83. The monoisotopic (exact) mass is 477 g/mol. The Labute approximate surface area is 190 Å². The molecular formula is C22H24ClN3O3S2. The van der Waals surface area contributed by atoms with Crippen LogP contribution in [0, 0.1) is 5.92 Å². The number of carbonyl (C=O) groups excluding carboxylic acids is 1. The van der Waals surface area contributed by atoms with E-state index in [0.29, 0.717) is 40.9 Å². The summed E-state index contributed by atoms with van der Waals surface area (Å²) in [5, 5.41) is 0.634. The first-order valence-electron chi connectivity index (χ1n) is 10.3. The third-order valence-electron chi connectivity index (χ3n) is 5.64. The predicted molar refractivity (Wildman–Crippen MR) is 124 cm³/mol. The molecule has 31 heavy (non-hydrogen) atoms. The van der Waals surface area contributed by atoms with Crippen molar-refractivity contribution in [1.29, 1.82) is 0 Å². The average Bonchev–Trinajstić information content (AvgIpc) is 3.09. The third kappa shape index (κ3) is 4.48. The van der Waals surface area contributed by atoms with Gasteiger partial charge in [0.1, 0.15) is 0 Å². The number of benzene rings is 2. The number of halogens is 1. The maximum absolute atomic E-state index is 12.9. The van der Waals surface area contributed by atoms with Crippen LogP contribution in [0.15, 0.2) is 52.4 Å². The van der Waals surface area contributed by atoms with Gasteiger partial charge in [0.05, 0.1) is 15.1 Å². The maximum Gasteiger partial charge on any atom is 0.279 e. The van der Waals surface area contributed by atoms with Crippen molar-refractivity contribution in [3.63, 3.8) is 0 Å². The van der Waals surface area contributed by atoms with Gasteiger partial charge in [-0.15, -0.1) is 0 Å². The lowest BCUT2D eigenvalue weighted by molar-refractivity contribution is 0.0997. The molecule has 2 aromatic carbocycles. The van der Waals surface area contributed by atoms with Crippen molar-refractivity contribution in [2.45, 2.75) is 38.1 Å². The standard InChI is InChI=1S/C22H24ClN3O3S2/c1-3-26-19-9-6-17(23)14-20(19)30-22(26)24-21(27)16-4-7-18(8-5-16)31(28,29)25-12-10-15(2)11-13-25/h4-9,14-15H,3,10-13H2,1-2H3. The van der Waals surface area contributed by atoms with Gasteiger partial charge in [-0.05, 0) is 68.1 Å². The summed E-state index contributed by atoms with van der Waals surface area (Å²) in [7, 11) is -3.54. The first kappa shape index (κ1) is 22.2. The van der Waals surface area contributed by atoms with Gasteiger partial charge < -0.3 is 4.57 Å². The topological polar surface area (TPSA) is 71.7 Å². The fourth-order valence-corrected chi connectivity index (χ4v) is 6.57. The van der Waals surface area contributed by atoms with Crippen molar-refractivity contribution in [1.82, 2.24) is 8.87 Å². The molecule has 0 spiro atoms. The van der Waals surface area contributed by atoms with E-state index in [0.717, 1.165) is 23.1 Å². The molecule has 164 valence electrons. The highest BCUT2D eigenvalue weighted by molar-refractivity contribution is 7.89. The van der Waals surface area contributed by atoms with E-state index in [-0.39, 0.29) is 4.90 Å². The van der Waals surface area contributed by atoms with Crippen LogP contribution >= 0.6 is 22.9 Å². The molecule has 0 aliphatic carbocycles. The van der Waals surface area contributed by atoms with E-state index >= 15 is 0 Å². The highest BCUT2D eigenvalue weighted by Crippen LogP contribution is 2.24. The first-order chi connectivity index (χ1) is 14.8. The molecule has 0 bridgehead atoms. The van der Waals surface area contributed by atoms with Crippen LogP contribution in [-0.4, -0.2) is 36.3 Å². The second kappa shape index (κ2) is 8.86. The van der Waals surface area contributed by atoms with Gasteiger partial charge in [-0.2, -0.15) is 9.30 Å². The average molecular weight is 478 g/mol. The zero-order valence-electron chi connectivity index (χ0n) is 17.4. The summed E-state index contributed by atoms with van der Waals surface area (Å²) in [6.07, 6.45) is 1.74. The van der Waals surface area contributed by atoms with Gasteiger partial charge in [0.15, 0.2) is 4.80 Å². The van der Waals surface area contributed by atoms with Crippen LogP contribution in [0.2, 0.25) is 5.02 Å². The van der Waals surface area contributed by atoms with Gasteiger partial charge in [-0.25, -0.2) is 8.42 Å². The Kier molecular flexibility index (Phi) is 6.35. The summed E-state index contributed by atoms with van der Waals surface area (Å²) in [4.78, 5) is 17.9. The van der Waals surface area contributed by atoms with Gasteiger partial charge in [-0.3, -0.25) is 4.79 Å². The van der Waals surface area contributed by atoms with Crippen molar-refractivity contribution in [2.75, 3.05) is 13.1 Å². The minimum absolute atomic E-state index is 0.207. The minimum Gasteiger partial charge on any atom is -0.317 e. The lowest BCUT2D eigenvalue weighted by atomic mass is 10.0. The molecule has 2 heterocycles. The number of hydrogen-bond acceptors (Lipinski definition) is 4. The van der Waals surface area contributed by atoms with Gasteiger partial charge in [0.2, 0.25) is 10.0 Å². The zero-order valence-corrected chi connectivity index (χ0v) is 19.8. The molecular weight excluding hydrogens is 454 g/mol. The number of amides is 1. The molecule has 0 saturated carbocycles. The first-order valence-corrected chi connectivity index (χ1v) is 12.9. The Hall–Kier alpha value is -2.00. The van der Waals surface area contributed by atoms with E-state index in [1.807, 2.05) is 29.7 Å². The van der Waals surface area contributed by atoms with Crippen molar-refractivity contribution < 1.29 is 13.2 Å². The number of fused-ring (bicyclic) bond motifs is 1. The fraction of sp³-hybridized carbons (Fsp3) is 0.364. The number of thiazole rings is 1. The zero-order chi connectivity index (χ0) is 22.2. The highest BCUT2D eigenvalue weighted by atomic mass is 35.5. The van der Waals surface area contributed by atoms with Crippen LogP contribution in [0.25, 0.3) is 10.2 Å². The van der Waals surface area contributed by atoms with E-state index in [1.165, 1.54) is 39.9 Å². The van der Waals surface area contributed by atoms with E-state index < -0.39 is 15.9 Å².